The summed E-state index contributed by atoms with van der Waals surface area (Å²) >= 11 is 0. The molecular weight excluding hydrogens is 329 g/mol. The number of urea groups is 1. The summed E-state index contributed by atoms with van der Waals surface area (Å²) in [7, 11) is 3.26. The lowest BCUT2D eigenvalue weighted by atomic mass is 10.2. The molecule has 8 nitrogen and oxygen atoms in total. The minimum atomic E-state index is -0.618. The van der Waals surface area contributed by atoms with Crippen molar-refractivity contribution in [3.05, 3.63) is 42.0 Å². The summed E-state index contributed by atoms with van der Waals surface area (Å²) in [6.07, 6.45) is 1.61. The van der Waals surface area contributed by atoms with E-state index in [9.17, 15) is 14.0 Å². The molecule has 2 rings (SSSR count). The van der Waals surface area contributed by atoms with Crippen LogP contribution in [0.1, 0.15) is 18.7 Å². The average Bonchev–Trinajstić information content (AvgIpc) is 2.95. The van der Waals surface area contributed by atoms with Crippen molar-refractivity contribution in [3.63, 3.8) is 0 Å². The minimum Gasteiger partial charge on any atom is -0.382 e. The number of carbonyl (C=O) groups excluding carboxylic acids is 2. The van der Waals surface area contributed by atoms with E-state index < -0.39 is 17.9 Å². The third-order valence-electron chi connectivity index (χ3n) is 3.39. The maximum Gasteiger partial charge on any atom is 0.319 e. The van der Waals surface area contributed by atoms with Crippen LogP contribution in [0.2, 0.25) is 0 Å². The summed E-state index contributed by atoms with van der Waals surface area (Å²) in [6.45, 7) is 1.56. The minimum absolute atomic E-state index is 0.0510. The van der Waals surface area contributed by atoms with E-state index >= 15 is 0 Å². The van der Waals surface area contributed by atoms with E-state index in [-0.39, 0.29) is 18.2 Å². The van der Waals surface area contributed by atoms with Crippen LogP contribution >= 0.6 is 0 Å². The molecule has 0 spiro atoms. The number of rotatable bonds is 6. The second-order valence-corrected chi connectivity index (χ2v) is 5.36. The van der Waals surface area contributed by atoms with Crippen LogP contribution in [-0.4, -0.2) is 35.4 Å². The van der Waals surface area contributed by atoms with Crippen molar-refractivity contribution in [2.75, 3.05) is 24.4 Å². The van der Waals surface area contributed by atoms with Gasteiger partial charge in [0, 0.05) is 33.0 Å². The van der Waals surface area contributed by atoms with E-state index in [4.69, 9.17) is 4.74 Å². The second kappa shape index (κ2) is 8.25. The number of hydrogen-bond acceptors (Lipinski definition) is 4. The molecule has 0 saturated carbocycles. The molecule has 3 N–H and O–H groups in total. The number of aromatic nitrogens is 2. The molecule has 1 aromatic carbocycles. The summed E-state index contributed by atoms with van der Waals surface area (Å²) in [4.78, 5) is 23.3. The zero-order valence-corrected chi connectivity index (χ0v) is 14.2. The highest BCUT2D eigenvalue weighted by Gasteiger charge is 2.18. The van der Waals surface area contributed by atoms with Crippen molar-refractivity contribution in [1.82, 2.24) is 15.1 Å². The molecule has 25 heavy (non-hydrogen) atoms. The van der Waals surface area contributed by atoms with Crippen LogP contribution < -0.4 is 16.0 Å². The number of anilines is 2. The van der Waals surface area contributed by atoms with Gasteiger partial charge in [0.15, 0.2) is 0 Å². The quantitative estimate of drug-likeness (QED) is 0.743. The SMILES string of the molecule is COC[C@H](NC(=O)Nc1cc(NC(C)=O)ccc1F)c1ccnn1C. The number of carbonyl (C=O) groups is 2. The van der Waals surface area contributed by atoms with E-state index in [1.54, 1.807) is 24.0 Å². The molecule has 0 aliphatic carbocycles. The van der Waals surface area contributed by atoms with Crippen LogP contribution in [-0.2, 0) is 16.6 Å². The van der Waals surface area contributed by atoms with Crippen LogP contribution in [0.15, 0.2) is 30.5 Å². The highest BCUT2D eigenvalue weighted by molar-refractivity contribution is 5.92. The van der Waals surface area contributed by atoms with Gasteiger partial charge in [0.1, 0.15) is 5.82 Å². The molecule has 1 aromatic heterocycles. The van der Waals surface area contributed by atoms with E-state index in [1.807, 2.05) is 0 Å². The van der Waals surface area contributed by atoms with Gasteiger partial charge in [-0.1, -0.05) is 0 Å². The Morgan fingerprint density at radius 3 is 2.68 bits per heavy atom. The van der Waals surface area contributed by atoms with Gasteiger partial charge in [-0.25, -0.2) is 9.18 Å². The number of methoxy groups -OCH3 is 1. The first kappa shape index (κ1) is 18.4. The zero-order chi connectivity index (χ0) is 18.4. The molecule has 1 atom stereocenters. The van der Waals surface area contributed by atoms with Gasteiger partial charge in [0.05, 0.1) is 24.0 Å². The largest absolute Gasteiger partial charge is 0.382 e. The smallest absolute Gasteiger partial charge is 0.319 e. The average molecular weight is 349 g/mol. The summed E-state index contributed by atoms with van der Waals surface area (Å²) in [6, 6.07) is 4.59. The number of aryl methyl sites for hydroxylation is 1. The fraction of sp³-hybridized carbons (Fsp3) is 0.312. The number of halogens is 1. The van der Waals surface area contributed by atoms with Gasteiger partial charge in [0.2, 0.25) is 5.91 Å². The normalized spacial score (nSPS) is 11.7. The first-order chi connectivity index (χ1) is 11.9. The Labute approximate surface area is 144 Å². The van der Waals surface area contributed by atoms with Crippen LogP contribution in [0.5, 0.6) is 0 Å². The highest BCUT2D eigenvalue weighted by Crippen LogP contribution is 2.20. The molecule has 0 fully saturated rings. The van der Waals surface area contributed by atoms with Crippen LogP contribution in [0.25, 0.3) is 0 Å². The second-order valence-electron chi connectivity index (χ2n) is 5.36. The number of hydrogen-bond donors (Lipinski definition) is 3. The van der Waals surface area contributed by atoms with Gasteiger partial charge in [-0.2, -0.15) is 5.10 Å². The monoisotopic (exact) mass is 349 g/mol. The van der Waals surface area contributed by atoms with Crippen molar-refractivity contribution in [2.45, 2.75) is 13.0 Å². The molecule has 0 aliphatic rings. The Hall–Kier alpha value is -2.94. The first-order valence-corrected chi connectivity index (χ1v) is 7.52. The molecule has 9 heteroatoms. The molecule has 1 heterocycles. The molecule has 0 unspecified atom stereocenters. The number of nitrogens with one attached hydrogen (secondary N) is 3. The third-order valence-corrected chi connectivity index (χ3v) is 3.39. The van der Waals surface area contributed by atoms with Gasteiger partial charge in [-0.05, 0) is 24.3 Å². The van der Waals surface area contributed by atoms with Crippen molar-refractivity contribution < 1.29 is 18.7 Å². The summed E-state index contributed by atoms with van der Waals surface area (Å²) in [5.74, 6) is -0.911. The molecular formula is C16H20FN5O3. The Balaban J connectivity index is 2.10. The van der Waals surface area contributed by atoms with Gasteiger partial charge in [0.25, 0.3) is 0 Å². The number of ether oxygens (including phenoxy) is 1. The van der Waals surface area contributed by atoms with Crippen LogP contribution in [0, 0.1) is 5.82 Å². The van der Waals surface area contributed by atoms with Gasteiger partial charge < -0.3 is 20.7 Å². The lowest BCUT2D eigenvalue weighted by Crippen LogP contribution is -2.36. The van der Waals surface area contributed by atoms with E-state index in [0.29, 0.717) is 5.69 Å². The van der Waals surface area contributed by atoms with E-state index in [1.165, 1.54) is 26.2 Å². The first-order valence-electron chi connectivity index (χ1n) is 7.52. The van der Waals surface area contributed by atoms with Gasteiger partial charge in [-0.15, -0.1) is 0 Å². The maximum absolute atomic E-state index is 13.9. The summed E-state index contributed by atoms with van der Waals surface area (Å²) in [5, 5.41) is 11.7. The van der Waals surface area contributed by atoms with Crippen LogP contribution in [0.3, 0.4) is 0 Å². The molecule has 2 aromatic rings. The standard InChI is InChI=1S/C16H20FN5O3/c1-10(23)19-11-4-5-12(17)13(8-11)20-16(24)21-14(9-25-3)15-6-7-18-22(15)2/h4-8,14H,9H2,1-3H3,(H,19,23)(H2,20,21,24)/t14-/m0/s1. The molecule has 134 valence electrons. The van der Waals surface area contributed by atoms with Crippen molar-refractivity contribution in [1.29, 1.82) is 0 Å². The topological polar surface area (TPSA) is 97.3 Å². The highest BCUT2D eigenvalue weighted by atomic mass is 19.1. The Kier molecular flexibility index (Phi) is 6.07. The predicted octanol–water partition coefficient (Wildman–Crippen LogP) is 2.03. The van der Waals surface area contributed by atoms with Crippen molar-refractivity contribution in [2.24, 2.45) is 7.05 Å². The molecule has 0 bridgehead atoms. The van der Waals surface area contributed by atoms with Gasteiger partial charge in [-0.3, -0.25) is 9.48 Å². The zero-order valence-electron chi connectivity index (χ0n) is 14.2. The lowest BCUT2D eigenvalue weighted by Gasteiger charge is -2.19. The molecule has 3 amide bonds. The Morgan fingerprint density at radius 1 is 1.32 bits per heavy atom. The number of amides is 3. The fourth-order valence-corrected chi connectivity index (χ4v) is 2.31. The lowest BCUT2D eigenvalue weighted by molar-refractivity contribution is -0.114. The molecule has 0 radical (unpaired) electrons. The fourth-order valence-electron chi connectivity index (χ4n) is 2.31. The predicted molar refractivity (Wildman–Crippen MR) is 90.7 cm³/mol. The van der Waals surface area contributed by atoms with Crippen molar-refractivity contribution >= 4 is 23.3 Å². The van der Waals surface area contributed by atoms with Gasteiger partial charge >= 0.3 is 6.03 Å². The van der Waals surface area contributed by atoms with E-state index in [2.05, 4.69) is 21.0 Å². The Morgan fingerprint density at radius 2 is 2.08 bits per heavy atom. The Bertz CT molecular complexity index is 762. The molecule has 0 aliphatic heterocycles. The third kappa shape index (κ3) is 5.01. The van der Waals surface area contributed by atoms with Crippen molar-refractivity contribution in [3.8, 4) is 0 Å². The number of benzene rings is 1. The summed E-state index contributed by atoms with van der Waals surface area (Å²) in [5.41, 5.74) is 1.07. The van der Waals surface area contributed by atoms with E-state index in [0.717, 1.165) is 11.8 Å². The number of nitrogens with zero attached hydrogens (tertiary/aromatic N) is 2. The summed E-state index contributed by atoms with van der Waals surface area (Å²) < 4.78 is 20.6. The van der Waals surface area contributed by atoms with Crippen LogP contribution in [0.4, 0.5) is 20.6 Å². The molecule has 0 saturated heterocycles. The maximum atomic E-state index is 13.9.